The number of hydrogen-bond donors (Lipinski definition) is 2. The van der Waals surface area contributed by atoms with E-state index in [-0.39, 0.29) is 5.41 Å². The molecule has 0 radical (unpaired) electrons. The van der Waals surface area contributed by atoms with Gasteiger partial charge in [0.2, 0.25) is 0 Å². The number of hydrogen-bond acceptors (Lipinski definition) is 2. The summed E-state index contributed by atoms with van der Waals surface area (Å²) in [5.41, 5.74) is 1.38. The first kappa shape index (κ1) is 16.7. The van der Waals surface area contributed by atoms with Gasteiger partial charge in [0.1, 0.15) is 6.17 Å². The van der Waals surface area contributed by atoms with Crippen LogP contribution in [0, 0.1) is 28.6 Å². The van der Waals surface area contributed by atoms with Crippen LogP contribution in [0.15, 0.2) is 11.6 Å². The lowest BCUT2D eigenvalue weighted by atomic mass is 9.47. The van der Waals surface area contributed by atoms with Crippen molar-refractivity contribution in [3.05, 3.63) is 11.6 Å². The molecular formula is C22H34FNO. The molecule has 4 fully saturated rings. The van der Waals surface area contributed by atoms with Crippen molar-refractivity contribution in [3.8, 4) is 0 Å². The maximum Gasteiger partial charge on any atom is 0.147 e. The average molecular weight is 348 g/mol. The SMILES string of the molecule is C[C@]12CCC(O)C(F)C1=CC[C@@H]1[C@H]2CC[C@]2(C)C(NC3CC3)CC[C@@H]12. The van der Waals surface area contributed by atoms with Crippen LogP contribution in [0.2, 0.25) is 0 Å². The molecule has 5 aliphatic rings. The fraction of sp³-hybridized carbons (Fsp3) is 0.909. The number of allylic oxidation sites excluding steroid dienone is 1. The van der Waals surface area contributed by atoms with Crippen molar-refractivity contribution in [2.24, 2.45) is 28.6 Å². The average Bonchev–Trinajstić information content (AvgIpc) is 3.34. The fourth-order valence-corrected chi connectivity index (χ4v) is 7.48. The lowest BCUT2D eigenvalue weighted by Gasteiger charge is -2.58. The molecule has 2 N–H and O–H groups in total. The Balaban J connectivity index is 1.43. The van der Waals surface area contributed by atoms with Crippen LogP contribution in [0.4, 0.5) is 4.39 Å². The second kappa shape index (κ2) is 5.55. The van der Waals surface area contributed by atoms with Crippen LogP contribution in [-0.4, -0.2) is 29.5 Å². The normalized spacial score (nSPS) is 55.1. The Kier molecular flexibility index (Phi) is 3.71. The van der Waals surface area contributed by atoms with Crippen molar-refractivity contribution in [2.75, 3.05) is 0 Å². The first-order valence-corrected chi connectivity index (χ1v) is 10.7. The van der Waals surface area contributed by atoms with Crippen molar-refractivity contribution >= 4 is 0 Å². The van der Waals surface area contributed by atoms with E-state index in [4.69, 9.17) is 0 Å². The summed E-state index contributed by atoms with van der Waals surface area (Å²) in [5.74, 6) is 2.14. The van der Waals surface area contributed by atoms with Gasteiger partial charge < -0.3 is 10.4 Å². The van der Waals surface area contributed by atoms with Gasteiger partial charge in [0.05, 0.1) is 6.10 Å². The summed E-state index contributed by atoms with van der Waals surface area (Å²) in [4.78, 5) is 0. The van der Waals surface area contributed by atoms with E-state index in [1.54, 1.807) is 0 Å². The fourth-order valence-electron chi connectivity index (χ4n) is 7.48. The van der Waals surface area contributed by atoms with Crippen LogP contribution in [0.1, 0.15) is 71.6 Å². The van der Waals surface area contributed by atoms with Gasteiger partial charge in [-0.1, -0.05) is 19.9 Å². The molecule has 0 amide bonds. The van der Waals surface area contributed by atoms with Crippen molar-refractivity contribution in [2.45, 2.75) is 96.0 Å². The van der Waals surface area contributed by atoms with Crippen LogP contribution in [0.3, 0.4) is 0 Å². The Labute approximate surface area is 151 Å². The zero-order valence-electron chi connectivity index (χ0n) is 15.8. The standard InChI is InChI=1S/C22H34FNO/c1-21-12-10-18(25)20(23)17(21)6-5-14-15-7-8-19(24-13-3-4-13)22(15,2)11-9-16(14)21/h6,13-16,18-20,24-25H,3-5,7-12H2,1-2H3/t14-,15-,16+,18?,19?,20?,21+,22-/m0/s1. The number of alkyl halides is 1. The summed E-state index contributed by atoms with van der Waals surface area (Å²) in [7, 11) is 0. The molecule has 0 spiro atoms. The van der Waals surface area contributed by atoms with Crippen LogP contribution >= 0.6 is 0 Å². The van der Waals surface area contributed by atoms with E-state index >= 15 is 0 Å². The minimum atomic E-state index is -1.12. The topological polar surface area (TPSA) is 32.3 Å². The molecule has 0 aliphatic heterocycles. The minimum absolute atomic E-state index is 0.00903. The monoisotopic (exact) mass is 347 g/mol. The number of aliphatic hydroxyl groups excluding tert-OH is 1. The summed E-state index contributed by atoms with van der Waals surface area (Å²) in [6.45, 7) is 4.86. The van der Waals surface area contributed by atoms with Crippen molar-refractivity contribution in [3.63, 3.8) is 0 Å². The highest BCUT2D eigenvalue weighted by atomic mass is 19.1. The summed E-state index contributed by atoms with van der Waals surface area (Å²) < 4.78 is 14.7. The third kappa shape index (κ3) is 2.34. The van der Waals surface area contributed by atoms with Crippen LogP contribution in [-0.2, 0) is 0 Å². The van der Waals surface area contributed by atoms with Crippen molar-refractivity contribution < 1.29 is 9.50 Å². The first-order chi connectivity index (χ1) is 11.9. The summed E-state index contributed by atoms with van der Waals surface area (Å²) in [5, 5.41) is 14.0. The molecule has 5 rings (SSSR count). The second-order valence-electron chi connectivity index (χ2n) is 10.3. The number of fused-ring (bicyclic) bond motifs is 5. The molecule has 0 saturated heterocycles. The molecule has 4 saturated carbocycles. The number of nitrogens with one attached hydrogen (secondary N) is 1. The third-order valence-electron chi connectivity index (χ3n) is 9.13. The largest absolute Gasteiger partial charge is 0.390 e. The lowest BCUT2D eigenvalue weighted by molar-refractivity contribution is -0.0583. The molecular weight excluding hydrogens is 313 g/mol. The van der Waals surface area contributed by atoms with Gasteiger partial charge in [0.25, 0.3) is 0 Å². The molecule has 140 valence electrons. The van der Waals surface area contributed by atoms with E-state index in [9.17, 15) is 9.50 Å². The van der Waals surface area contributed by atoms with Crippen LogP contribution in [0.25, 0.3) is 0 Å². The Morgan fingerprint density at radius 1 is 1.04 bits per heavy atom. The highest BCUT2D eigenvalue weighted by Gasteiger charge is 2.60. The maximum absolute atomic E-state index is 14.7. The van der Waals surface area contributed by atoms with Gasteiger partial charge in [-0.25, -0.2) is 4.39 Å². The summed E-state index contributed by atoms with van der Waals surface area (Å²) in [6.07, 6.45) is 10.9. The molecule has 0 aromatic carbocycles. The van der Waals surface area contributed by atoms with E-state index in [1.807, 2.05) is 0 Å². The molecule has 0 bridgehead atoms. The smallest absolute Gasteiger partial charge is 0.147 e. The van der Waals surface area contributed by atoms with Gasteiger partial charge in [-0.2, -0.15) is 0 Å². The molecule has 5 aliphatic carbocycles. The Morgan fingerprint density at radius 3 is 2.60 bits per heavy atom. The number of aliphatic hydroxyl groups is 1. The number of rotatable bonds is 2. The van der Waals surface area contributed by atoms with Crippen molar-refractivity contribution in [1.29, 1.82) is 0 Å². The second-order valence-corrected chi connectivity index (χ2v) is 10.3. The van der Waals surface area contributed by atoms with Gasteiger partial charge in [-0.3, -0.25) is 0 Å². The Hall–Kier alpha value is -0.410. The highest BCUT2D eigenvalue weighted by Crippen LogP contribution is 2.65. The molecule has 3 unspecified atom stereocenters. The molecule has 0 aromatic heterocycles. The van der Waals surface area contributed by atoms with E-state index < -0.39 is 12.3 Å². The zero-order valence-corrected chi connectivity index (χ0v) is 15.8. The Morgan fingerprint density at radius 2 is 1.84 bits per heavy atom. The predicted octanol–water partition coefficient (Wildman–Crippen LogP) is 4.38. The van der Waals surface area contributed by atoms with E-state index in [2.05, 4.69) is 25.2 Å². The molecule has 25 heavy (non-hydrogen) atoms. The van der Waals surface area contributed by atoms with E-state index in [0.29, 0.717) is 23.8 Å². The molecule has 0 aromatic rings. The van der Waals surface area contributed by atoms with Gasteiger partial charge in [0.15, 0.2) is 0 Å². The third-order valence-corrected chi connectivity index (χ3v) is 9.13. The molecule has 3 heteroatoms. The summed E-state index contributed by atoms with van der Waals surface area (Å²) >= 11 is 0. The highest BCUT2D eigenvalue weighted by molar-refractivity contribution is 5.29. The van der Waals surface area contributed by atoms with Crippen LogP contribution < -0.4 is 5.32 Å². The molecule has 8 atom stereocenters. The quantitative estimate of drug-likeness (QED) is 0.727. The van der Waals surface area contributed by atoms with Crippen molar-refractivity contribution in [1.82, 2.24) is 5.32 Å². The van der Waals surface area contributed by atoms with Gasteiger partial charge in [-0.15, -0.1) is 0 Å². The van der Waals surface area contributed by atoms with E-state index in [0.717, 1.165) is 36.3 Å². The zero-order chi connectivity index (χ0) is 17.4. The van der Waals surface area contributed by atoms with Gasteiger partial charge >= 0.3 is 0 Å². The van der Waals surface area contributed by atoms with Gasteiger partial charge in [0, 0.05) is 12.1 Å². The lowest BCUT2D eigenvalue weighted by Crippen LogP contribution is -2.55. The maximum atomic E-state index is 14.7. The molecule has 2 nitrogen and oxygen atoms in total. The minimum Gasteiger partial charge on any atom is -0.390 e. The van der Waals surface area contributed by atoms with Gasteiger partial charge in [-0.05, 0) is 91.9 Å². The Bertz CT molecular complexity index is 587. The summed E-state index contributed by atoms with van der Waals surface area (Å²) in [6, 6.07) is 1.49. The molecule has 0 heterocycles. The predicted molar refractivity (Wildman–Crippen MR) is 97.9 cm³/mol. The van der Waals surface area contributed by atoms with Crippen LogP contribution in [0.5, 0.6) is 0 Å². The number of halogens is 1. The van der Waals surface area contributed by atoms with E-state index in [1.165, 1.54) is 38.5 Å². The first-order valence-electron chi connectivity index (χ1n) is 10.7.